The van der Waals surface area contributed by atoms with Gasteiger partial charge in [-0.25, -0.2) is 4.98 Å². The van der Waals surface area contributed by atoms with Crippen LogP contribution in [0.15, 0.2) is 12.1 Å². The molecule has 5 rings (SSSR count). The van der Waals surface area contributed by atoms with Crippen molar-refractivity contribution in [3.63, 3.8) is 0 Å². The highest BCUT2D eigenvalue weighted by Crippen LogP contribution is 2.56. The van der Waals surface area contributed by atoms with Crippen LogP contribution in [0, 0.1) is 17.8 Å². The number of hydrogen-bond donors (Lipinski definition) is 3. The van der Waals surface area contributed by atoms with Crippen molar-refractivity contribution in [1.29, 1.82) is 0 Å². The average molecular weight is 286 g/mol. The highest BCUT2D eigenvalue weighted by Gasteiger charge is 2.51. The zero-order valence-corrected chi connectivity index (χ0v) is 12.1. The fourth-order valence-electron chi connectivity index (χ4n) is 5.22. The van der Waals surface area contributed by atoms with Crippen molar-refractivity contribution in [3.05, 3.63) is 17.8 Å². The third-order valence-electron chi connectivity index (χ3n) is 5.60. The smallest absolute Gasteiger partial charge is 0.267 e. The standard InChI is InChI=1S/C16H22N4O/c17-12-1-2-13(14(18)21)19-15(12)20-16-6-9-3-10(7-16)5-11(4-9)8-16/h1-2,9-11H,3-8,17H2,(H2,18,21)(H,19,20). The summed E-state index contributed by atoms with van der Waals surface area (Å²) in [4.78, 5) is 15.7. The summed E-state index contributed by atoms with van der Waals surface area (Å²) in [5.41, 5.74) is 12.4. The van der Waals surface area contributed by atoms with Gasteiger partial charge in [-0.05, 0) is 68.4 Å². The van der Waals surface area contributed by atoms with Gasteiger partial charge in [0.05, 0.1) is 5.69 Å². The van der Waals surface area contributed by atoms with Gasteiger partial charge >= 0.3 is 0 Å². The number of nitrogens with zero attached hydrogens (tertiary/aromatic N) is 1. The summed E-state index contributed by atoms with van der Waals surface area (Å²) in [6.45, 7) is 0. The van der Waals surface area contributed by atoms with Crippen molar-refractivity contribution in [2.75, 3.05) is 11.1 Å². The number of carbonyl (C=O) groups excluding carboxylic acids is 1. The quantitative estimate of drug-likeness (QED) is 0.793. The van der Waals surface area contributed by atoms with Crippen molar-refractivity contribution < 1.29 is 4.79 Å². The number of aromatic nitrogens is 1. The molecule has 1 aromatic rings. The minimum Gasteiger partial charge on any atom is -0.396 e. The largest absolute Gasteiger partial charge is 0.396 e. The van der Waals surface area contributed by atoms with E-state index in [1.165, 1.54) is 38.5 Å². The number of nitrogens with one attached hydrogen (secondary N) is 1. The second-order valence-electron chi connectivity index (χ2n) is 7.32. The van der Waals surface area contributed by atoms with Crippen LogP contribution < -0.4 is 16.8 Å². The highest BCUT2D eigenvalue weighted by atomic mass is 16.1. The van der Waals surface area contributed by atoms with E-state index in [1.807, 2.05) is 0 Å². The average Bonchev–Trinajstić information content (AvgIpc) is 2.39. The Labute approximate surface area is 124 Å². The molecule has 4 saturated carbocycles. The minimum atomic E-state index is -0.511. The van der Waals surface area contributed by atoms with Crippen LogP contribution in [0.2, 0.25) is 0 Å². The molecule has 0 spiro atoms. The van der Waals surface area contributed by atoms with Crippen LogP contribution in [0.5, 0.6) is 0 Å². The van der Waals surface area contributed by atoms with E-state index in [1.54, 1.807) is 12.1 Å². The lowest BCUT2D eigenvalue weighted by Gasteiger charge is -2.57. The van der Waals surface area contributed by atoms with Crippen molar-refractivity contribution in [2.24, 2.45) is 23.5 Å². The molecule has 0 radical (unpaired) electrons. The van der Waals surface area contributed by atoms with E-state index in [2.05, 4.69) is 10.3 Å². The number of nitrogens with two attached hydrogens (primary N) is 2. The minimum absolute atomic E-state index is 0.131. The molecule has 5 N–H and O–H groups in total. The maximum atomic E-state index is 11.3. The zero-order chi connectivity index (χ0) is 14.6. The molecule has 4 aliphatic rings. The van der Waals surface area contributed by atoms with Gasteiger partial charge in [0, 0.05) is 5.54 Å². The highest BCUT2D eigenvalue weighted by molar-refractivity contribution is 5.91. The van der Waals surface area contributed by atoms with Gasteiger partial charge in [0.25, 0.3) is 5.91 Å². The first-order valence-corrected chi connectivity index (χ1v) is 7.87. The second kappa shape index (κ2) is 4.36. The van der Waals surface area contributed by atoms with Crippen molar-refractivity contribution in [1.82, 2.24) is 4.98 Å². The van der Waals surface area contributed by atoms with Crippen molar-refractivity contribution >= 4 is 17.4 Å². The lowest BCUT2D eigenvalue weighted by molar-refractivity contribution is 0.0105. The molecule has 0 aliphatic heterocycles. The maximum absolute atomic E-state index is 11.3. The van der Waals surface area contributed by atoms with Gasteiger partial charge in [0.15, 0.2) is 5.82 Å². The summed E-state index contributed by atoms with van der Waals surface area (Å²) in [7, 11) is 0. The molecule has 5 heteroatoms. The Morgan fingerprint density at radius 2 is 1.71 bits per heavy atom. The normalized spacial score (nSPS) is 36.7. The van der Waals surface area contributed by atoms with E-state index in [-0.39, 0.29) is 11.2 Å². The van der Waals surface area contributed by atoms with E-state index in [0.717, 1.165) is 17.8 Å². The first-order valence-electron chi connectivity index (χ1n) is 7.87. The molecule has 4 fully saturated rings. The molecule has 1 heterocycles. The Balaban J connectivity index is 1.64. The molecule has 0 atom stereocenters. The molecular weight excluding hydrogens is 264 g/mol. The molecule has 0 aromatic carbocycles. The molecule has 112 valence electrons. The first-order chi connectivity index (χ1) is 10.0. The molecule has 5 nitrogen and oxygen atoms in total. The molecule has 0 saturated heterocycles. The van der Waals surface area contributed by atoms with Crippen LogP contribution in [0.1, 0.15) is 49.0 Å². The Morgan fingerprint density at radius 1 is 1.14 bits per heavy atom. The monoisotopic (exact) mass is 286 g/mol. The number of nitrogen functional groups attached to an aromatic ring is 1. The summed E-state index contributed by atoms with van der Waals surface area (Å²) in [6, 6.07) is 3.30. The van der Waals surface area contributed by atoms with Gasteiger partial charge in [-0.15, -0.1) is 0 Å². The van der Waals surface area contributed by atoms with E-state index in [9.17, 15) is 4.79 Å². The number of amides is 1. The lowest BCUT2D eigenvalue weighted by atomic mass is 9.53. The molecule has 4 aliphatic carbocycles. The van der Waals surface area contributed by atoms with Gasteiger partial charge in [-0.1, -0.05) is 0 Å². The third kappa shape index (κ3) is 2.15. The number of carbonyl (C=O) groups is 1. The summed E-state index contributed by atoms with van der Waals surface area (Å²) < 4.78 is 0. The van der Waals surface area contributed by atoms with Crippen LogP contribution in [0.25, 0.3) is 0 Å². The molecule has 0 unspecified atom stereocenters. The van der Waals surface area contributed by atoms with Gasteiger partial charge in [0.2, 0.25) is 0 Å². The first kappa shape index (κ1) is 12.9. The summed E-state index contributed by atoms with van der Waals surface area (Å²) >= 11 is 0. The summed E-state index contributed by atoms with van der Waals surface area (Å²) in [5.74, 6) is 2.68. The Kier molecular flexibility index (Phi) is 2.68. The van der Waals surface area contributed by atoms with Gasteiger partial charge in [-0.3, -0.25) is 4.79 Å². The third-order valence-corrected chi connectivity index (χ3v) is 5.60. The molecule has 4 bridgehead atoms. The number of primary amides is 1. The van der Waals surface area contributed by atoms with E-state index in [4.69, 9.17) is 11.5 Å². The van der Waals surface area contributed by atoms with Crippen LogP contribution in [0.4, 0.5) is 11.5 Å². The summed E-state index contributed by atoms with van der Waals surface area (Å²) in [5, 5.41) is 3.61. The van der Waals surface area contributed by atoms with E-state index in [0.29, 0.717) is 11.5 Å². The molecule has 1 amide bonds. The second-order valence-corrected chi connectivity index (χ2v) is 7.32. The number of anilines is 2. The zero-order valence-electron chi connectivity index (χ0n) is 12.1. The molecule has 21 heavy (non-hydrogen) atoms. The van der Waals surface area contributed by atoms with E-state index >= 15 is 0 Å². The SMILES string of the molecule is NC(=O)c1ccc(N)c(NC23CC4CC(CC(C4)C2)C3)n1. The summed E-state index contributed by atoms with van der Waals surface area (Å²) in [6.07, 6.45) is 7.81. The molecular formula is C16H22N4O. The van der Waals surface area contributed by atoms with Crippen LogP contribution >= 0.6 is 0 Å². The lowest BCUT2D eigenvalue weighted by Crippen LogP contribution is -2.55. The van der Waals surface area contributed by atoms with Crippen LogP contribution in [-0.4, -0.2) is 16.4 Å². The molecule has 1 aromatic heterocycles. The van der Waals surface area contributed by atoms with Crippen LogP contribution in [-0.2, 0) is 0 Å². The number of rotatable bonds is 3. The number of hydrogen-bond acceptors (Lipinski definition) is 4. The Hall–Kier alpha value is -1.78. The topological polar surface area (TPSA) is 94.0 Å². The van der Waals surface area contributed by atoms with Gasteiger partial charge < -0.3 is 16.8 Å². The van der Waals surface area contributed by atoms with Crippen molar-refractivity contribution in [2.45, 2.75) is 44.1 Å². The maximum Gasteiger partial charge on any atom is 0.267 e. The van der Waals surface area contributed by atoms with Gasteiger partial charge in [-0.2, -0.15) is 0 Å². The Morgan fingerprint density at radius 3 is 2.24 bits per heavy atom. The predicted octanol–water partition coefficient (Wildman–Crippen LogP) is 2.14. The fraction of sp³-hybridized carbons (Fsp3) is 0.625. The number of pyridine rings is 1. The predicted molar refractivity (Wildman–Crippen MR) is 81.7 cm³/mol. The van der Waals surface area contributed by atoms with E-state index < -0.39 is 5.91 Å². The fourth-order valence-corrected chi connectivity index (χ4v) is 5.22. The Bertz CT molecular complexity index is 563. The van der Waals surface area contributed by atoms with Gasteiger partial charge in [0.1, 0.15) is 5.69 Å². The van der Waals surface area contributed by atoms with Crippen molar-refractivity contribution in [3.8, 4) is 0 Å². The van der Waals surface area contributed by atoms with Crippen LogP contribution in [0.3, 0.4) is 0 Å².